The maximum atomic E-state index is 12.2. The summed E-state index contributed by atoms with van der Waals surface area (Å²) >= 11 is 1.07. The highest BCUT2D eigenvalue weighted by Gasteiger charge is 2.12. The molecule has 0 saturated carbocycles. The van der Waals surface area contributed by atoms with Gasteiger partial charge in [-0.2, -0.15) is 9.77 Å². The molecule has 7 nitrogen and oxygen atoms in total. The Labute approximate surface area is 138 Å². The van der Waals surface area contributed by atoms with Crippen molar-refractivity contribution in [1.29, 1.82) is 0 Å². The molecule has 0 aliphatic rings. The number of nitrogen functional groups attached to an aromatic ring is 1. The topological polar surface area (TPSA) is 103 Å². The Morgan fingerprint density at radius 1 is 1.30 bits per heavy atom. The minimum Gasteiger partial charge on any atom is -0.334 e. The van der Waals surface area contributed by atoms with E-state index in [1.807, 2.05) is 32.0 Å². The van der Waals surface area contributed by atoms with E-state index in [2.05, 4.69) is 15.5 Å². The monoisotopic (exact) mass is 333 g/mol. The predicted molar refractivity (Wildman–Crippen MR) is 91.0 cm³/mol. The van der Waals surface area contributed by atoms with Gasteiger partial charge in [-0.1, -0.05) is 43.8 Å². The number of hydrogen-bond donors (Lipinski definition) is 2. The van der Waals surface area contributed by atoms with Crippen LogP contribution < -0.4 is 16.7 Å². The summed E-state index contributed by atoms with van der Waals surface area (Å²) in [7, 11) is 0. The lowest BCUT2D eigenvalue weighted by Gasteiger charge is -2.14. The van der Waals surface area contributed by atoms with E-state index in [1.165, 1.54) is 0 Å². The molecular weight excluding hydrogens is 314 g/mol. The van der Waals surface area contributed by atoms with Crippen molar-refractivity contribution in [2.24, 2.45) is 0 Å². The number of amides is 1. The Bertz CT molecular complexity index is 738. The minimum absolute atomic E-state index is 0.0938. The highest BCUT2D eigenvalue weighted by molar-refractivity contribution is 7.99. The van der Waals surface area contributed by atoms with Crippen molar-refractivity contribution in [1.82, 2.24) is 14.9 Å². The summed E-state index contributed by atoms with van der Waals surface area (Å²) in [5.74, 6) is 5.48. The van der Waals surface area contributed by atoms with E-state index in [-0.39, 0.29) is 16.8 Å². The van der Waals surface area contributed by atoms with Crippen molar-refractivity contribution in [2.75, 3.05) is 16.9 Å². The Morgan fingerprint density at radius 2 is 1.96 bits per heavy atom. The van der Waals surface area contributed by atoms with Crippen LogP contribution >= 0.6 is 11.8 Å². The van der Waals surface area contributed by atoms with Crippen molar-refractivity contribution >= 4 is 23.4 Å². The van der Waals surface area contributed by atoms with Crippen LogP contribution in [0.5, 0.6) is 0 Å². The number of nitrogens with zero attached hydrogens (tertiary/aromatic N) is 3. The summed E-state index contributed by atoms with van der Waals surface area (Å²) in [6, 6.07) is 6.00. The summed E-state index contributed by atoms with van der Waals surface area (Å²) in [6.07, 6.45) is 2.70. The molecular formula is C15H19N5O2S. The van der Waals surface area contributed by atoms with Crippen molar-refractivity contribution < 1.29 is 4.79 Å². The average Bonchev–Trinajstić information content (AvgIpc) is 2.56. The third-order valence-corrected chi connectivity index (χ3v) is 4.29. The van der Waals surface area contributed by atoms with Crippen LogP contribution in [0.15, 0.2) is 34.3 Å². The molecule has 0 aliphatic heterocycles. The summed E-state index contributed by atoms with van der Waals surface area (Å²) in [5, 5.41) is 10.5. The van der Waals surface area contributed by atoms with Crippen LogP contribution in [0.4, 0.5) is 5.69 Å². The van der Waals surface area contributed by atoms with Crippen molar-refractivity contribution in [3.8, 4) is 0 Å². The van der Waals surface area contributed by atoms with Crippen molar-refractivity contribution in [3.05, 3.63) is 45.9 Å². The number of hydrogen-bond acceptors (Lipinski definition) is 6. The lowest BCUT2D eigenvalue weighted by atomic mass is 10.0. The molecule has 0 radical (unpaired) electrons. The molecule has 2 aromatic rings. The number of anilines is 1. The van der Waals surface area contributed by atoms with Gasteiger partial charge in [-0.05, 0) is 24.0 Å². The van der Waals surface area contributed by atoms with Gasteiger partial charge in [-0.15, -0.1) is 5.10 Å². The molecule has 0 aliphatic carbocycles. The second-order valence-corrected chi connectivity index (χ2v) is 5.77. The summed E-state index contributed by atoms with van der Waals surface area (Å²) in [4.78, 5) is 23.6. The first-order valence-electron chi connectivity index (χ1n) is 7.30. The van der Waals surface area contributed by atoms with Crippen molar-refractivity contribution in [3.63, 3.8) is 0 Å². The molecule has 1 aromatic carbocycles. The number of nitrogens with one attached hydrogen (secondary N) is 1. The third kappa shape index (κ3) is 4.10. The molecule has 23 heavy (non-hydrogen) atoms. The SMILES string of the molecule is CCc1cccc(CC)c1NC(=O)CSc1nncc(=O)n1N. The first-order valence-corrected chi connectivity index (χ1v) is 8.28. The lowest BCUT2D eigenvalue weighted by Crippen LogP contribution is -2.30. The van der Waals surface area contributed by atoms with Crippen LogP contribution in [0.25, 0.3) is 0 Å². The molecule has 122 valence electrons. The molecule has 8 heteroatoms. The smallest absolute Gasteiger partial charge is 0.291 e. The molecule has 1 heterocycles. The summed E-state index contributed by atoms with van der Waals surface area (Å²) in [5.41, 5.74) is 2.59. The number of carbonyl (C=O) groups excluding carboxylic acids is 1. The quantitative estimate of drug-likeness (QED) is 0.608. The second-order valence-electron chi connectivity index (χ2n) is 4.83. The van der Waals surface area contributed by atoms with E-state index in [0.717, 1.165) is 52.3 Å². The van der Waals surface area contributed by atoms with Gasteiger partial charge in [0.05, 0.1) is 5.75 Å². The Morgan fingerprint density at radius 3 is 2.57 bits per heavy atom. The normalized spacial score (nSPS) is 10.5. The minimum atomic E-state index is -0.465. The molecule has 0 spiro atoms. The van der Waals surface area contributed by atoms with Crippen LogP contribution in [0, 0.1) is 0 Å². The van der Waals surface area contributed by atoms with Gasteiger partial charge in [0.2, 0.25) is 11.1 Å². The van der Waals surface area contributed by atoms with Crippen LogP contribution in [0.1, 0.15) is 25.0 Å². The van der Waals surface area contributed by atoms with Gasteiger partial charge in [0, 0.05) is 5.69 Å². The summed E-state index contributed by atoms with van der Waals surface area (Å²) in [6.45, 7) is 4.09. The Kier molecular flexibility index (Phi) is 5.75. The molecule has 0 unspecified atom stereocenters. The van der Waals surface area contributed by atoms with Crippen LogP contribution in [-0.2, 0) is 17.6 Å². The zero-order valence-electron chi connectivity index (χ0n) is 13.1. The van der Waals surface area contributed by atoms with Gasteiger partial charge < -0.3 is 11.2 Å². The molecule has 1 aromatic heterocycles. The summed E-state index contributed by atoms with van der Waals surface area (Å²) < 4.78 is 0.877. The molecule has 2 rings (SSSR count). The van der Waals surface area contributed by atoms with E-state index in [1.54, 1.807) is 0 Å². The number of nitrogens with two attached hydrogens (primary N) is 1. The van der Waals surface area contributed by atoms with Crippen molar-refractivity contribution in [2.45, 2.75) is 31.8 Å². The zero-order valence-corrected chi connectivity index (χ0v) is 13.9. The number of carbonyl (C=O) groups is 1. The molecule has 0 bridgehead atoms. The van der Waals surface area contributed by atoms with E-state index in [9.17, 15) is 9.59 Å². The van der Waals surface area contributed by atoms with Gasteiger partial charge in [-0.3, -0.25) is 9.59 Å². The fourth-order valence-corrected chi connectivity index (χ4v) is 2.81. The number of rotatable bonds is 6. The second kappa shape index (κ2) is 7.77. The first-order chi connectivity index (χ1) is 11.1. The third-order valence-electron chi connectivity index (χ3n) is 3.35. The Balaban J connectivity index is 2.08. The Hall–Kier alpha value is -2.35. The van der Waals surface area contributed by atoms with Crippen LogP contribution in [-0.4, -0.2) is 26.5 Å². The fourth-order valence-electron chi connectivity index (χ4n) is 2.14. The predicted octanol–water partition coefficient (Wildman–Crippen LogP) is 1.21. The van der Waals surface area contributed by atoms with Gasteiger partial charge in [-0.25, -0.2) is 0 Å². The molecule has 1 amide bonds. The highest BCUT2D eigenvalue weighted by Crippen LogP contribution is 2.23. The largest absolute Gasteiger partial charge is 0.334 e. The highest BCUT2D eigenvalue weighted by atomic mass is 32.2. The maximum Gasteiger partial charge on any atom is 0.291 e. The van der Waals surface area contributed by atoms with Crippen LogP contribution in [0.2, 0.25) is 0 Å². The van der Waals surface area contributed by atoms with Gasteiger partial charge in [0.15, 0.2) is 0 Å². The zero-order chi connectivity index (χ0) is 16.8. The van der Waals surface area contributed by atoms with E-state index >= 15 is 0 Å². The number of aryl methyl sites for hydroxylation is 2. The van der Waals surface area contributed by atoms with E-state index in [4.69, 9.17) is 5.84 Å². The molecule has 0 fully saturated rings. The number of aromatic nitrogens is 3. The molecule has 3 N–H and O–H groups in total. The average molecular weight is 333 g/mol. The van der Waals surface area contributed by atoms with Gasteiger partial charge in [0.25, 0.3) is 5.56 Å². The van der Waals surface area contributed by atoms with Gasteiger partial charge in [0.1, 0.15) is 6.20 Å². The van der Waals surface area contributed by atoms with E-state index in [0.29, 0.717) is 0 Å². The molecule has 0 atom stereocenters. The number of thioether (sulfide) groups is 1. The number of para-hydroxylation sites is 1. The van der Waals surface area contributed by atoms with Crippen LogP contribution in [0.3, 0.4) is 0 Å². The number of benzene rings is 1. The first kappa shape index (κ1) is 17.0. The lowest BCUT2D eigenvalue weighted by molar-refractivity contribution is -0.113. The fraction of sp³-hybridized carbons (Fsp3) is 0.333. The van der Waals surface area contributed by atoms with E-state index < -0.39 is 5.56 Å². The standard InChI is InChI=1S/C15H19N5O2S/c1-3-10-6-5-7-11(4-2)14(10)18-12(21)9-23-15-19-17-8-13(22)20(15)16/h5-8H,3-4,9,16H2,1-2H3,(H,18,21). The van der Waals surface area contributed by atoms with Gasteiger partial charge >= 0.3 is 0 Å². The molecule has 0 saturated heterocycles. The maximum absolute atomic E-state index is 12.2.